The molecule has 10 heteroatoms. The molecule has 0 spiro atoms. The molecule has 5 rings (SSSR count). The van der Waals surface area contributed by atoms with E-state index in [1.54, 1.807) is 66.7 Å². The van der Waals surface area contributed by atoms with Gasteiger partial charge in [-0.25, -0.2) is 0 Å². The first-order valence-electron chi connectivity index (χ1n) is 12.5. The number of hydrogen-bond acceptors (Lipinski definition) is 8. The van der Waals surface area contributed by atoms with Crippen LogP contribution in [0.25, 0.3) is 0 Å². The van der Waals surface area contributed by atoms with Crippen LogP contribution < -0.4 is 9.47 Å². The number of rotatable bonds is 10. The van der Waals surface area contributed by atoms with Crippen LogP contribution in [0.3, 0.4) is 0 Å². The summed E-state index contributed by atoms with van der Waals surface area (Å²) in [4.78, 5) is 46.9. The molecule has 0 aromatic heterocycles. The average molecular weight is 561 g/mol. The molecule has 5 aromatic rings. The lowest BCUT2D eigenvalue weighted by molar-refractivity contribution is -0.385. The number of ketones is 2. The summed E-state index contributed by atoms with van der Waals surface area (Å²) in [5, 5.41) is 21.6. The summed E-state index contributed by atoms with van der Waals surface area (Å²) in [5.41, 5.74) is 1.36. The molecule has 5 aromatic carbocycles. The summed E-state index contributed by atoms with van der Waals surface area (Å²) < 4.78 is 11.4. The van der Waals surface area contributed by atoms with Crippen LogP contribution in [-0.2, 0) is 0 Å². The Kier molecular flexibility index (Phi) is 7.78. The van der Waals surface area contributed by atoms with Crippen molar-refractivity contribution >= 4 is 22.9 Å². The largest absolute Gasteiger partial charge is 0.457 e. The van der Waals surface area contributed by atoms with Crippen molar-refractivity contribution in [1.82, 2.24) is 0 Å². The third-order valence-corrected chi connectivity index (χ3v) is 6.19. The van der Waals surface area contributed by atoms with Crippen LogP contribution in [0, 0.1) is 20.2 Å². The highest BCUT2D eigenvalue weighted by atomic mass is 16.6. The molecular formula is C32H20N2O8. The Balaban J connectivity index is 1.24. The zero-order chi connectivity index (χ0) is 29.6. The predicted molar refractivity (Wildman–Crippen MR) is 153 cm³/mol. The zero-order valence-electron chi connectivity index (χ0n) is 21.7. The van der Waals surface area contributed by atoms with Crippen LogP contribution >= 0.6 is 0 Å². The van der Waals surface area contributed by atoms with Gasteiger partial charge in [0.1, 0.15) is 23.0 Å². The fourth-order valence-corrected chi connectivity index (χ4v) is 4.03. The SMILES string of the molecule is O=C(c1ccc(Oc2ccc([N+](=O)[O-])cc2)cc1)c1cccc(C(=O)c2ccc(Oc3ccc([N+](=O)[O-])cc3)cc2)c1. The van der Waals surface area contributed by atoms with Gasteiger partial charge in [0.05, 0.1) is 9.85 Å². The van der Waals surface area contributed by atoms with E-state index in [1.807, 2.05) is 0 Å². The van der Waals surface area contributed by atoms with Crippen LogP contribution in [0.5, 0.6) is 23.0 Å². The van der Waals surface area contributed by atoms with E-state index in [4.69, 9.17) is 9.47 Å². The molecule has 0 atom stereocenters. The second kappa shape index (κ2) is 11.9. The van der Waals surface area contributed by atoms with Gasteiger partial charge >= 0.3 is 0 Å². The van der Waals surface area contributed by atoms with Crippen molar-refractivity contribution in [2.75, 3.05) is 0 Å². The minimum atomic E-state index is -0.496. The van der Waals surface area contributed by atoms with E-state index in [1.165, 1.54) is 54.6 Å². The first-order valence-corrected chi connectivity index (χ1v) is 12.5. The maximum Gasteiger partial charge on any atom is 0.269 e. The van der Waals surface area contributed by atoms with Gasteiger partial charge in [0.15, 0.2) is 11.6 Å². The Labute approximate surface area is 238 Å². The fraction of sp³-hybridized carbons (Fsp3) is 0. The number of nitro groups is 2. The average Bonchev–Trinajstić information content (AvgIpc) is 3.02. The molecule has 0 bridgehead atoms. The normalized spacial score (nSPS) is 10.5. The van der Waals surface area contributed by atoms with Crippen LogP contribution in [0.15, 0.2) is 121 Å². The first kappa shape index (κ1) is 27.4. The fourth-order valence-electron chi connectivity index (χ4n) is 4.03. The van der Waals surface area contributed by atoms with E-state index in [-0.39, 0.29) is 22.9 Å². The Morgan fingerprint density at radius 3 is 1.07 bits per heavy atom. The quantitative estimate of drug-likeness (QED) is 0.0969. The standard InChI is InChI=1S/C32H20N2O8/c35-31(21-4-12-27(13-5-21)41-29-16-8-25(9-17-29)33(37)38)23-2-1-3-24(20-23)32(36)22-6-14-28(15-7-22)42-30-18-10-26(11-19-30)34(39)40/h1-20H. The molecule has 0 N–H and O–H groups in total. The van der Waals surface area contributed by atoms with E-state index < -0.39 is 9.85 Å². The summed E-state index contributed by atoms with van der Waals surface area (Å²) in [6, 6.07) is 30.6. The minimum absolute atomic E-state index is 0.0466. The van der Waals surface area contributed by atoms with Crippen molar-refractivity contribution in [2.24, 2.45) is 0 Å². The molecule has 0 heterocycles. The van der Waals surface area contributed by atoms with Crippen LogP contribution in [0.4, 0.5) is 11.4 Å². The molecule has 206 valence electrons. The molecular weight excluding hydrogens is 540 g/mol. The summed E-state index contributed by atoms with van der Waals surface area (Å²) in [7, 11) is 0. The smallest absolute Gasteiger partial charge is 0.269 e. The van der Waals surface area contributed by atoms with E-state index in [0.29, 0.717) is 45.3 Å². The molecule has 0 fully saturated rings. The van der Waals surface area contributed by atoms with Gasteiger partial charge in [0, 0.05) is 46.5 Å². The number of carbonyl (C=O) groups excluding carboxylic acids is 2. The predicted octanol–water partition coefficient (Wildman–Crippen LogP) is 7.55. The summed E-state index contributed by atoms with van der Waals surface area (Å²) in [5.74, 6) is 1.17. The van der Waals surface area contributed by atoms with Gasteiger partial charge in [0.25, 0.3) is 11.4 Å². The maximum atomic E-state index is 13.1. The molecule has 10 nitrogen and oxygen atoms in total. The molecule has 0 aliphatic carbocycles. The number of hydrogen-bond donors (Lipinski definition) is 0. The maximum absolute atomic E-state index is 13.1. The second-order valence-electron chi connectivity index (χ2n) is 8.99. The first-order chi connectivity index (χ1) is 20.3. The van der Waals surface area contributed by atoms with Crippen molar-refractivity contribution in [3.63, 3.8) is 0 Å². The molecule has 42 heavy (non-hydrogen) atoms. The molecule has 0 saturated carbocycles. The monoisotopic (exact) mass is 560 g/mol. The summed E-state index contributed by atoms with van der Waals surface area (Å²) in [6.07, 6.45) is 0. The van der Waals surface area contributed by atoms with Crippen molar-refractivity contribution in [3.05, 3.63) is 164 Å². The second-order valence-corrected chi connectivity index (χ2v) is 8.99. The van der Waals surface area contributed by atoms with Crippen molar-refractivity contribution in [1.29, 1.82) is 0 Å². The van der Waals surface area contributed by atoms with Gasteiger partial charge < -0.3 is 9.47 Å². The Hall–Kier alpha value is -6.16. The van der Waals surface area contributed by atoms with Crippen LogP contribution in [-0.4, -0.2) is 21.4 Å². The van der Waals surface area contributed by atoms with E-state index in [9.17, 15) is 29.8 Å². The molecule has 0 saturated heterocycles. The Bertz CT molecular complexity index is 1650. The van der Waals surface area contributed by atoms with Crippen molar-refractivity contribution in [2.45, 2.75) is 0 Å². The van der Waals surface area contributed by atoms with Gasteiger partial charge in [-0.15, -0.1) is 0 Å². The lowest BCUT2D eigenvalue weighted by Crippen LogP contribution is -2.06. The van der Waals surface area contributed by atoms with Crippen molar-refractivity contribution in [3.8, 4) is 23.0 Å². The molecule has 0 unspecified atom stereocenters. The van der Waals surface area contributed by atoms with Gasteiger partial charge in [0.2, 0.25) is 0 Å². The number of nitrogens with zero attached hydrogens (tertiary/aromatic N) is 2. The summed E-state index contributed by atoms with van der Waals surface area (Å²) >= 11 is 0. The Morgan fingerprint density at radius 1 is 0.452 bits per heavy atom. The van der Waals surface area contributed by atoms with Gasteiger partial charge in [-0.2, -0.15) is 0 Å². The van der Waals surface area contributed by atoms with E-state index in [0.717, 1.165) is 0 Å². The number of carbonyl (C=O) groups is 2. The Morgan fingerprint density at radius 2 is 0.762 bits per heavy atom. The van der Waals surface area contributed by atoms with Gasteiger partial charge in [-0.3, -0.25) is 29.8 Å². The lowest BCUT2D eigenvalue weighted by Gasteiger charge is -2.08. The zero-order valence-corrected chi connectivity index (χ0v) is 21.7. The van der Waals surface area contributed by atoms with E-state index in [2.05, 4.69) is 0 Å². The highest BCUT2D eigenvalue weighted by Gasteiger charge is 2.15. The highest BCUT2D eigenvalue weighted by molar-refractivity contribution is 6.13. The molecule has 0 aliphatic rings. The summed E-state index contributed by atoms with van der Waals surface area (Å²) in [6.45, 7) is 0. The molecule has 0 amide bonds. The number of non-ortho nitro benzene ring substituents is 2. The third-order valence-electron chi connectivity index (χ3n) is 6.19. The van der Waals surface area contributed by atoms with Crippen LogP contribution in [0.2, 0.25) is 0 Å². The number of ether oxygens (including phenoxy) is 2. The number of nitro benzene ring substituents is 2. The topological polar surface area (TPSA) is 139 Å². The minimum Gasteiger partial charge on any atom is -0.457 e. The lowest BCUT2D eigenvalue weighted by atomic mass is 9.97. The van der Waals surface area contributed by atoms with Gasteiger partial charge in [-0.05, 0) is 78.9 Å². The molecule has 0 radical (unpaired) electrons. The van der Waals surface area contributed by atoms with Crippen molar-refractivity contribution < 1.29 is 28.9 Å². The van der Waals surface area contributed by atoms with Gasteiger partial charge in [-0.1, -0.05) is 18.2 Å². The van der Waals surface area contributed by atoms with E-state index >= 15 is 0 Å². The number of benzene rings is 5. The van der Waals surface area contributed by atoms with Crippen LogP contribution in [0.1, 0.15) is 31.8 Å². The molecule has 0 aliphatic heterocycles. The third kappa shape index (κ3) is 6.35. The highest BCUT2D eigenvalue weighted by Crippen LogP contribution is 2.26.